The lowest BCUT2D eigenvalue weighted by atomic mass is 9.87. The monoisotopic (exact) mass is 658 g/mol. The van der Waals surface area contributed by atoms with Gasteiger partial charge in [-0.25, -0.2) is 0 Å². The summed E-state index contributed by atoms with van der Waals surface area (Å²) in [6, 6.07) is 57.6. The molecule has 0 amide bonds. The van der Waals surface area contributed by atoms with Crippen LogP contribution in [0.5, 0.6) is 0 Å². The lowest BCUT2D eigenvalue weighted by Gasteiger charge is -2.31. The van der Waals surface area contributed by atoms with Crippen LogP contribution in [0.2, 0.25) is 0 Å². The van der Waals surface area contributed by atoms with Gasteiger partial charge in [0.2, 0.25) is 0 Å². The Morgan fingerprint density at radius 2 is 0.941 bits per heavy atom. The summed E-state index contributed by atoms with van der Waals surface area (Å²) in [7, 11) is 0. The van der Waals surface area contributed by atoms with Gasteiger partial charge in [-0.1, -0.05) is 79.7 Å². The van der Waals surface area contributed by atoms with Crippen LogP contribution in [-0.4, -0.2) is 0 Å². The Labute approximate surface area is 296 Å². The molecule has 1 aliphatic carbocycles. The summed E-state index contributed by atoms with van der Waals surface area (Å²) in [4.78, 5) is 4.62. The van der Waals surface area contributed by atoms with E-state index in [0.717, 1.165) is 78.9 Å². The van der Waals surface area contributed by atoms with Crippen LogP contribution >= 0.6 is 0 Å². The molecule has 244 valence electrons. The maximum atomic E-state index is 6.70. The van der Waals surface area contributed by atoms with Crippen LogP contribution in [0.25, 0.3) is 49.8 Å². The summed E-state index contributed by atoms with van der Waals surface area (Å²) >= 11 is 0. The predicted octanol–water partition coefficient (Wildman–Crippen LogP) is 13.6. The van der Waals surface area contributed by atoms with Gasteiger partial charge in [0.05, 0.1) is 0 Å². The molecule has 0 fully saturated rings. The average Bonchev–Trinajstić information content (AvgIpc) is 3.71. The molecule has 0 aliphatic heterocycles. The van der Waals surface area contributed by atoms with E-state index in [9.17, 15) is 0 Å². The van der Waals surface area contributed by atoms with Crippen molar-refractivity contribution in [1.29, 1.82) is 0 Å². The summed E-state index contributed by atoms with van der Waals surface area (Å²) in [5.74, 6) is 1.22. The summed E-state index contributed by atoms with van der Waals surface area (Å²) < 4.78 is 13.3. The van der Waals surface area contributed by atoms with E-state index < -0.39 is 0 Å². The predicted molar refractivity (Wildman–Crippen MR) is 212 cm³/mol. The van der Waals surface area contributed by atoms with Crippen molar-refractivity contribution in [2.24, 2.45) is 0 Å². The molecule has 0 radical (unpaired) electrons. The van der Waals surface area contributed by atoms with Crippen molar-refractivity contribution in [3.05, 3.63) is 181 Å². The minimum absolute atomic E-state index is 0.277. The third-order valence-corrected chi connectivity index (χ3v) is 10.2. The second-order valence-corrected chi connectivity index (χ2v) is 13.5. The topological polar surface area (TPSA) is 32.8 Å². The quantitative estimate of drug-likeness (QED) is 0.178. The highest BCUT2D eigenvalue weighted by Crippen LogP contribution is 2.46. The summed E-state index contributed by atoms with van der Waals surface area (Å²) in [6.07, 6.45) is 3.14. The zero-order chi connectivity index (χ0) is 33.9. The lowest BCUT2D eigenvalue weighted by Crippen LogP contribution is -2.20. The van der Waals surface area contributed by atoms with Gasteiger partial charge in [0.25, 0.3) is 0 Å². The highest BCUT2D eigenvalue weighted by molar-refractivity contribution is 6.12. The molecule has 4 nitrogen and oxygen atoms in total. The number of rotatable bonds is 6. The first-order chi connectivity index (χ1) is 25.2. The van der Waals surface area contributed by atoms with Gasteiger partial charge < -0.3 is 18.6 Å². The first-order valence-corrected chi connectivity index (χ1v) is 17.6. The highest BCUT2D eigenvalue weighted by Gasteiger charge is 2.28. The molecule has 2 heterocycles. The van der Waals surface area contributed by atoms with Crippen molar-refractivity contribution in [1.82, 2.24) is 0 Å². The summed E-state index contributed by atoms with van der Waals surface area (Å²) in [5, 5.41) is 5.65. The Balaban J connectivity index is 1.07. The SMILES string of the molecule is CC1CC(N(c2ccccc2)c2ccccc2)=Cc2oc3cc4cc5c(cc4cc3c21)oc1cc(N(c2ccccc2)c2ccccc2)ccc15. The van der Waals surface area contributed by atoms with E-state index in [1.807, 2.05) is 12.1 Å². The molecule has 0 saturated heterocycles. The largest absolute Gasteiger partial charge is 0.456 e. The van der Waals surface area contributed by atoms with Crippen LogP contribution in [0.1, 0.15) is 30.6 Å². The number of hydrogen-bond acceptors (Lipinski definition) is 4. The molecule has 9 aromatic rings. The molecule has 1 aliphatic rings. The first-order valence-electron chi connectivity index (χ1n) is 17.6. The Morgan fingerprint density at radius 1 is 0.451 bits per heavy atom. The van der Waals surface area contributed by atoms with Gasteiger partial charge in [-0.05, 0) is 108 Å². The number of para-hydroxylation sites is 4. The average molecular weight is 659 g/mol. The first kappa shape index (κ1) is 29.4. The minimum Gasteiger partial charge on any atom is -0.456 e. The van der Waals surface area contributed by atoms with Crippen molar-refractivity contribution >= 4 is 78.2 Å². The molecule has 1 atom stereocenters. The molecule has 2 aromatic heterocycles. The molecule has 0 saturated carbocycles. The Hall–Kier alpha value is -6.52. The maximum Gasteiger partial charge on any atom is 0.137 e. The standard InChI is InChI=1S/C47H34N2O2/c1-31-24-39(49(36-18-10-4-11-19-36)37-20-12-5-13-21-37)30-46-47(31)42-26-33-27-43-41(25-32(33)28-44(42)51-46)40-23-22-38(29-45(40)50-43)48(34-14-6-2-7-15-34)35-16-8-3-9-17-35/h2-23,25-31H,24H2,1H3. The Bertz CT molecular complexity index is 2650. The smallest absolute Gasteiger partial charge is 0.137 e. The minimum atomic E-state index is 0.277. The van der Waals surface area contributed by atoms with Crippen molar-refractivity contribution in [3.8, 4) is 0 Å². The lowest BCUT2D eigenvalue weighted by molar-refractivity contribution is 0.581. The summed E-state index contributed by atoms with van der Waals surface area (Å²) in [6.45, 7) is 2.31. The van der Waals surface area contributed by atoms with Gasteiger partial charge in [-0.2, -0.15) is 0 Å². The van der Waals surface area contributed by atoms with Gasteiger partial charge in [-0.3, -0.25) is 0 Å². The fourth-order valence-electron chi connectivity index (χ4n) is 7.91. The molecule has 0 N–H and O–H groups in total. The van der Waals surface area contributed by atoms with Crippen molar-refractivity contribution in [3.63, 3.8) is 0 Å². The zero-order valence-electron chi connectivity index (χ0n) is 28.2. The molecule has 1 unspecified atom stereocenters. The molecule has 0 spiro atoms. The van der Waals surface area contributed by atoms with Gasteiger partial charge in [0.15, 0.2) is 0 Å². The van der Waals surface area contributed by atoms with Crippen LogP contribution in [0, 0.1) is 0 Å². The molecule has 0 bridgehead atoms. The molecule has 10 rings (SSSR count). The van der Waals surface area contributed by atoms with Gasteiger partial charge in [-0.15, -0.1) is 0 Å². The van der Waals surface area contributed by atoms with E-state index in [-0.39, 0.29) is 5.92 Å². The number of benzene rings is 7. The van der Waals surface area contributed by atoms with Crippen LogP contribution in [0.4, 0.5) is 28.4 Å². The van der Waals surface area contributed by atoms with E-state index in [4.69, 9.17) is 8.83 Å². The molecule has 7 aromatic carbocycles. The number of anilines is 5. The summed E-state index contributed by atoms with van der Waals surface area (Å²) in [5.41, 5.74) is 10.7. The van der Waals surface area contributed by atoms with Crippen LogP contribution < -0.4 is 9.80 Å². The molecular weight excluding hydrogens is 625 g/mol. The molecular formula is C47H34N2O2. The van der Waals surface area contributed by atoms with E-state index in [1.54, 1.807) is 0 Å². The van der Waals surface area contributed by atoms with Crippen molar-refractivity contribution in [2.45, 2.75) is 19.3 Å². The number of nitrogens with zero attached hydrogens (tertiary/aromatic N) is 2. The molecule has 51 heavy (non-hydrogen) atoms. The normalized spacial score (nSPS) is 14.2. The van der Waals surface area contributed by atoms with Gasteiger partial charge in [0.1, 0.15) is 22.5 Å². The fraction of sp³-hybridized carbons (Fsp3) is 0.0638. The van der Waals surface area contributed by atoms with E-state index in [2.05, 4.69) is 174 Å². The number of allylic oxidation sites excluding steroid dienone is 1. The highest BCUT2D eigenvalue weighted by atomic mass is 16.3. The van der Waals surface area contributed by atoms with Gasteiger partial charge in [0, 0.05) is 68.0 Å². The van der Waals surface area contributed by atoms with Crippen molar-refractivity contribution < 1.29 is 8.83 Å². The second-order valence-electron chi connectivity index (χ2n) is 13.5. The number of furan rings is 2. The molecule has 4 heteroatoms. The fourth-order valence-corrected chi connectivity index (χ4v) is 7.91. The Morgan fingerprint density at radius 3 is 1.51 bits per heavy atom. The van der Waals surface area contributed by atoms with Crippen LogP contribution in [0.3, 0.4) is 0 Å². The van der Waals surface area contributed by atoms with Crippen molar-refractivity contribution in [2.75, 3.05) is 9.80 Å². The van der Waals surface area contributed by atoms with Crippen LogP contribution in [0.15, 0.2) is 178 Å². The third-order valence-electron chi connectivity index (χ3n) is 10.2. The second kappa shape index (κ2) is 11.8. The number of hydrogen-bond donors (Lipinski definition) is 0. The third kappa shape index (κ3) is 4.99. The van der Waals surface area contributed by atoms with E-state index in [0.29, 0.717) is 0 Å². The van der Waals surface area contributed by atoms with Crippen LogP contribution in [-0.2, 0) is 0 Å². The Kier molecular flexibility index (Phi) is 6.81. The zero-order valence-corrected chi connectivity index (χ0v) is 28.2. The van der Waals surface area contributed by atoms with E-state index in [1.165, 1.54) is 16.6 Å². The van der Waals surface area contributed by atoms with Gasteiger partial charge >= 0.3 is 0 Å². The maximum absolute atomic E-state index is 6.70. The van der Waals surface area contributed by atoms with E-state index >= 15 is 0 Å². The number of fused-ring (bicyclic) bond motifs is 7.